The summed E-state index contributed by atoms with van der Waals surface area (Å²) in [6.07, 6.45) is 3.47. The molecule has 0 aliphatic carbocycles. The van der Waals surface area contributed by atoms with Gasteiger partial charge < -0.3 is 15.1 Å². The topological polar surface area (TPSA) is 74.2 Å². The smallest absolute Gasteiger partial charge is 0.273 e. The Bertz CT molecular complexity index is 862. The molecule has 3 aromatic rings. The van der Waals surface area contributed by atoms with Crippen LogP contribution in [0.1, 0.15) is 10.5 Å². The molecule has 2 aromatic heterocycles. The summed E-state index contributed by atoms with van der Waals surface area (Å²) in [4.78, 5) is 29.6. The van der Waals surface area contributed by atoms with E-state index in [1.807, 2.05) is 35.2 Å². The summed E-state index contributed by atoms with van der Waals surface area (Å²) in [6.45, 7) is 2.70. The minimum absolute atomic E-state index is 0.0315. The van der Waals surface area contributed by atoms with Gasteiger partial charge in [0, 0.05) is 49.6 Å². The van der Waals surface area contributed by atoms with Crippen molar-refractivity contribution in [2.75, 3.05) is 36.4 Å². The number of nitrogens with zero attached hydrogens (tertiary/aromatic N) is 5. The van der Waals surface area contributed by atoms with Gasteiger partial charge in [-0.25, -0.2) is 15.0 Å². The van der Waals surface area contributed by atoms with Crippen LogP contribution < -0.4 is 10.2 Å². The van der Waals surface area contributed by atoms with E-state index < -0.39 is 0 Å². The Morgan fingerprint density at radius 3 is 2.46 bits per heavy atom. The lowest BCUT2D eigenvalue weighted by Gasteiger charge is -2.34. The second kappa shape index (κ2) is 7.49. The number of aromatic nitrogens is 3. The SMILES string of the molecule is O=C(c1csc(Nc2ccccc2)n1)N1CCN(c2ncccn2)CC1. The second-order valence-electron chi connectivity index (χ2n) is 5.86. The minimum Gasteiger partial charge on any atom is -0.337 e. The fourth-order valence-electron chi connectivity index (χ4n) is 2.80. The van der Waals surface area contributed by atoms with Crippen molar-refractivity contribution in [3.8, 4) is 0 Å². The molecule has 132 valence electrons. The molecular weight excluding hydrogens is 348 g/mol. The number of amides is 1. The number of rotatable bonds is 4. The van der Waals surface area contributed by atoms with Crippen molar-refractivity contribution in [2.45, 2.75) is 0 Å². The Balaban J connectivity index is 1.37. The molecule has 7 nitrogen and oxygen atoms in total. The third kappa shape index (κ3) is 3.65. The van der Waals surface area contributed by atoms with E-state index in [2.05, 4.69) is 25.2 Å². The van der Waals surface area contributed by atoms with Crippen LogP contribution in [-0.2, 0) is 0 Å². The molecular formula is C18H18N6OS. The van der Waals surface area contributed by atoms with Crippen LogP contribution >= 0.6 is 11.3 Å². The molecule has 0 unspecified atom stereocenters. The first kappa shape index (κ1) is 16.5. The number of hydrogen-bond donors (Lipinski definition) is 1. The first-order valence-corrected chi connectivity index (χ1v) is 9.26. The molecule has 8 heteroatoms. The number of carbonyl (C=O) groups is 1. The van der Waals surface area contributed by atoms with Crippen LogP contribution in [0.3, 0.4) is 0 Å². The normalized spacial score (nSPS) is 14.3. The molecule has 1 aliphatic rings. The van der Waals surface area contributed by atoms with Crippen molar-refractivity contribution >= 4 is 34.0 Å². The predicted octanol–water partition coefficient (Wildman–Crippen LogP) is 2.64. The van der Waals surface area contributed by atoms with Gasteiger partial charge in [-0.2, -0.15) is 0 Å². The molecule has 1 saturated heterocycles. The molecule has 0 radical (unpaired) electrons. The van der Waals surface area contributed by atoms with Gasteiger partial charge in [-0.1, -0.05) is 18.2 Å². The fraction of sp³-hybridized carbons (Fsp3) is 0.222. The lowest BCUT2D eigenvalue weighted by molar-refractivity contribution is 0.0741. The van der Waals surface area contributed by atoms with Gasteiger partial charge in [-0.05, 0) is 18.2 Å². The van der Waals surface area contributed by atoms with Crippen LogP contribution in [0.5, 0.6) is 0 Å². The predicted molar refractivity (Wildman–Crippen MR) is 102 cm³/mol. The third-order valence-corrected chi connectivity index (χ3v) is 4.91. The highest BCUT2D eigenvalue weighted by Gasteiger charge is 2.24. The molecule has 0 saturated carbocycles. The Kier molecular flexibility index (Phi) is 4.74. The lowest BCUT2D eigenvalue weighted by Crippen LogP contribution is -2.49. The highest BCUT2D eigenvalue weighted by atomic mass is 32.1. The van der Waals surface area contributed by atoms with Crippen LogP contribution in [0, 0.1) is 0 Å². The molecule has 26 heavy (non-hydrogen) atoms. The van der Waals surface area contributed by atoms with Crippen molar-refractivity contribution < 1.29 is 4.79 Å². The Morgan fingerprint density at radius 2 is 1.73 bits per heavy atom. The summed E-state index contributed by atoms with van der Waals surface area (Å²) in [7, 11) is 0. The number of thiazole rings is 1. The van der Waals surface area contributed by atoms with Crippen LogP contribution in [0.25, 0.3) is 0 Å². The standard InChI is InChI=1S/C18H18N6OS/c25-16(15-13-26-18(22-15)21-14-5-2-1-3-6-14)23-9-11-24(12-10-23)17-19-7-4-8-20-17/h1-8,13H,9-12H2,(H,21,22). The molecule has 1 fully saturated rings. The first-order valence-electron chi connectivity index (χ1n) is 8.38. The van der Waals surface area contributed by atoms with Crippen LogP contribution in [0.2, 0.25) is 0 Å². The summed E-state index contributed by atoms with van der Waals surface area (Å²) in [5.41, 5.74) is 1.44. The number of para-hydroxylation sites is 1. The molecule has 1 aromatic carbocycles. The average molecular weight is 366 g/mol. The van der Waals surface area contributed by atoms with Gasteiger partial charge in [-0.3, -0.25) is 4.79 Å². The van der Waals surface area contributed by atoms with E-state index >= 15 is 0 Å². The van der Waals surface area contributed by atoms with Crippen molar-refractivity contribution in [2.24, 2.45) is 0 Å². The molecule has 0 spiro atoms. The van der Waals surface area contributed by atoms with E-state index in [1.54, 1.807) is 23.8 Å². The second-order valence-corrected chi connectivity index (χ2v) is 6.72. The number of piperazine rings is 1. The maximum Gasteiger partial charge on any atom is 0.273 e. The van der Waals surface area contributed by atoms with Gasteiger partial charge in [0.05, 0.1) is 0 Å². The zero-order chi connectivity index (χ0) is 17.8. The zero-order valence-electron chi connectivity index (χ0n) is 14.1. The molecule has 1 amide bonds. The number of nitrogens with one attached hydrogen (secondary N) is 1. The van der Waals surface area contributed by atoms with Gasteiger partial charge >= 0.3 is 0 Å². The van der Waals surface area contributed by atoms with Gasteiger partial charge in [0.15, 0.2) is 5.13 Å². The Hall–Kier alpha value is -3.00. The van der Waals surface area contributed by atoms with Crippen molar-refractivity contribution in [3.05, 3.63) is 59.9 Å². The van der Waals surface area contributed by atoms with E-state index in [0.29, 0.717) is 24.7 Å². The maximum atomic E-state index is 12.7. The van der Waals surface area contributed by atoms with E-state index in [4.69, 9.17) is 0 Å². The summed E-state index contributed by atoms with van der Waals surface area (Å²) in [5, 5.41) is 5.75. The van der Waals surface area contributed by atoms with Gasteiger partial charge in [0.25, 0.3) is 5.91 Å². The molecule has 0 bridgehead atoms. The summed E-state index contributed by atoms with van der Waals surface area (Å²) >= 11 is 1.43. The molecule has 4 rings (SSSR count). The zero-order valence-corrected chi connectivity index (χ0v) is 14.9. The van der Waals surface area contributed by atoms with Gasteiger partial charge in [0.1, 0.15) is 5.69 Å². The lowest BCUT2D eigenvalue weighted by atomic mass is 10.3. The Labute approximate surface area is 155 Å². The van der Waals surface area contributed by atoms with Crippen molar-refractivity contribution in [1.82, 2.24) is 19.9 Å². The average Bonchev–Trinajstić information content (AvgIpc) is 3.17. The summed E-state index contributed by atoms with van der Waals surface area (Å²) in [5.74, 6) is 0.679. The molecule has 1 N–H and O–H groups in total. The van der Waals surface area contributed by atoms with E-state index in [9.17, 15) is 4.79 Å². The minimum atomic E-state index is -0.0315. The first-order chi connectivity index (χ1) is 12.8. The van der Waals surface area contributed by atoms with Crippen molar-refractivity contribution in [1.29, 1.82) is 0 Å². The highest BCUT2D eigenvalue weighted by Crippen LogP contribution is 2.22. The van der Waals surface area contributed by atoms with E-state index in [-0.39, 0.29) is 5.91 Å². The number of hydrogen-bond acceptors (Lipinski definition) is 7. The molecule has 1 aliphatic heterocycles. The van der Waals surface area contributed by atoms with E-state index in [1.165, 1.54) is 11.3 Å². The fourth-order valence-corrected chi connectivity index (χ4v) is 3.51. The third-order valence-electron chi connectivity index (χ3n) is 4.15. The van der Waals surface area contributed by atoms with Crippen molar-refractivity contribution in [3.63, 3.8) is 0 Å². The molecule has 3 heterocycles. The van der Waals surface area contributed by atoms with E-state index in [0.717, 1.165) is 23.9 Å². The maximum absolute atomic E-state index is 12.7. The van der Waals surface area contributed by atoms with Crippen LogP contribution in [0.15, 0.2) is 54.2 Å². The number of benzene rings is 1. The van der Waals surface area contributed by atoms with Crippen LogP contribution in [0.4, 0.5) is 16.8 Å². The monoisotopic (exact) mass is 366 g/mol. The van der Waals surface area contributed by atoms with Crippen LogP contribution in [-0.4, -0.2) is 51.9 Å². The summed E-state index contributed by atoms with van der Waals surface area (Å²) in [6, 6.07) is 11.6. The quantitative estimate of drug-likeness (QED) is 0.765. The Morgan fingerprint density at radius 1 is 1.00 bits per heavy atom. The number of anilines is 3. The number of carbonyl (C=O) groups excluding carboxylic acids is 1. The summed E-state index contributed by atoms with van der Waals surface area (Å²) < 4.78 is 0. The van der Waals surface area contributed by atoms with Gasteiger partial charge in [-0.15, -0.1) is 11.3 Å². The largest absolute Gasteiger partial charge is 0.337 e. The molecule has 0 atom stereocenters. The highest BCUT2D eigenvalue weighted by molar-refractivity contribution is 7.14. The van der Waals surface area contributed by atoms with Gasteiger partial charge in [0.2, 0.25) is 5.95 Å².